The molecule has 1 fully saturated rings. The van der Waals surface area contributed by atoms with Gasteiger partial charge in [-0.25, -0.2) is 4.39 Å². The molecule has 0 radical (unpaired) electrons. The van der Waals surface area contributed by atoms with Crippen molar-refractivity contribution in [2.24, 2.45) is 11.3 Å². The molecule has 2 rings (SSSR count). The van der Waals surface area contributed by atoms with Gasteiger partial charge in [0.2, 0.25) is 0 Å². The van der Waals surface area contributed by atoms with Gasteiger partial charge in [0.05, 0.1) is 17.6 Å². The van der Waals surface area contributed by atoms with Gasteiger partial charge in [-0.15, -0.1) is 0 Å². The summed E-state index contributed by atoms with van der Waals surface area (Å²) in [6.45, 7) is 3.92. The molecule has 0 aliphatic heterocycles. The van der Waals surface area contributed by atoms with Gasteiger partial charge in [-0.1, -0.05) is 13.0 Å². The zero-order chi connectivity index (χ0) is 13.3. The van der Waals surface area contributed by atoms with Gasteiger partial charge in [0.1, 0.15) is 5.82 Å². The van der Waals surface area contributed by atoms with Crippen molar-refractivity contribution >= 4 is 0 Å². The van der Waals surface area contributed by atoms with Crippen molar-refractivity contribution in [3.05, 3.63) is 35.1 Å². The third kappa shape index (κ3) is 2.13. The summed E-state index contributed by atoms with van der Waals surface area (Å²) in [6, 6.07) is 6.66. The second kappa shape index (κ2) is 4.70. The predicted octanol–water partition coefficient (Wildman–Crippen LogP) is 3.50. The number of hydrogen-bond donors (Lipinski definition) is 1. The smallest absolute Gasteiger partial charge is 0.123 e. The molecule has 18 heavy (non-hydrogen) atoms. The highest BCUT2D eigenvalue weighted by molar-refractivity contribution is 5.32. The van der Waals surface area contributed by atoms with Gasteiger partial charge < -0.3 is 5.11 Å². The first-order valence-corrected chi connectivity index (χ1v) is 6.34. The molecular weight excluding hydrogens is 229 g/mol. The summed E-state index contributed by atoms with van der Waals surface area (Å²) in [5, 5.41) is 19.9. The van der Waals surface area contributed by atoms with Gasteiger partial charge in [-0.05, 0) is 55.4 Å². The Morgan fingerprint density at radius 3 is 2.83 bits per heavy atom. The summed E-state index contributed by atoms with van der Waals surface area (Å²) in [4.78, 5) is 0. The number of aryl methyl sites for hydroxylation is 1. The van der Waals surface area contributed by atoms with E-state index in [1.54, 1.807) is 6.07 Å². The third-order valence-corrected chi connectivity index (χ3v) is 4.08. The number of benzene rings is 1. The van der Waals surface area contributed by atoms with Crippen molar-refractivity contribution in [2.45, 2.75) is 39.2 Å². The van der Waals surface area contributed by atoms with Crippen LogP contribution in [0.1, 0.15) is 43.4 Å². The Morgan fingerprint density at radius 2 is 2.28 bits per heavy atom. The summed E-state index contributed by atoms with van der Waals surface area (Å²) in [7, 11) is 0. The highest BCUT2D eigenvalue weighted by Gasteiger charge is 2.44. The van der Waals surface area contributed by atoms with Crippen LogP contribution in [0.2, 0.25) is 0 Å². The largest absolute Gasteiger partial charge is 0.387 e. The molecule has 1 saturated carbocycles. The molecule has 1 aromatic carbocycles. The third-order valence-electron chi connectivity index (χ3n) is 4.08. The zero-order valence-electron chi connectivity index (χ0n) is 10.8. The quantitative estimate of drug-likeness (QED) is 0.869. The average Bonchev–Trinajstić information content (AvgIpc) is 2.74. The molecule has 0 saturated heterocycles. The summed E-state index contributed by atoms with van der Waals surface area (Å²) < 4.78 is 13.3. The number of aliphatic hydroxyl groups is 1. The second-order valence-electron chi connectivity index (χ2n) is 5.52. The Morgan fingerprint density at radius 1 is 1.56 bits per heavy atom. The second-order valence-corrected chi connectivity index (χ2v) is 5.52. The molecule has 0 amide bonds. The van der Waals surface area contributed by atoms with Gasteiger partial charge in [-0.2, -0.15) is 5.26 Å². The molecule has 2 nitrogen and oxygen atoms in total. The molecule has 3 atom stereocenters. The van der Waals surface area contributed by atoms with Crippen molar-refractivity contribution < 1.29 is 9.50 Å². The van der Waals surface area contributed by atoms with Crippen LogP contribution in [0.25, 0.3) is 0 Å². The number of nitrogens with zero attached hydrogens (tertiary/aromatic N) is 1. The minimum Gasteiger partial charge on any atom is -0.387 e. The highest BCUT2D eigenvalue weighted by Crippen LogP contribution is 2.49. The lowest BCUT2D eigenvalue weighted by molar-refractivity contribution is 0.0639. The van der Waals surface area contributed by atoms with Crippen LogP contribution < -0.4 is 0 Å². The minimum absolute atomic E-state index is 0.367. The van der Waals surface area contributed by atoms with E-state index in [1.165, 1.54) is 12.1 Å². The maximum absolute atomic E-state index is 13.3. The first kappa shape index (κ1) is 13.0. The zero-order valence-corrected chi connectivity index (χ0v) is 10.8. The summed E-state index contributed by atoms with van der Waals surface area (Å²) in [5.41, 5.74) is 0.626. The normalized spacial score (nSPS) is 28.9. The van der Waals surface area contributed by atoms with E-state index in [-0.39, 0.29) is 5.82 Å². The van der Waals surface area contributed by atoms with Crippen molar-refractivity contribution in [3.8, 4) is 6.07 Å². The summed E-state index contributed by atoms with van der Waals surface area (Å²) in [5.74, 6) is 0.0713. The van der Waals surface area contributed by atoms with Gasteiger partial charge in [0.15, 0.2) is 0 Å². The molecule has 96 valence electrons. The van der Waals surface area contributed by atoms with Crippen LogP contribution in [0, 0.1) is 35.4 Å². The molecule has 1 aromatic rings. The summed E-state index contributed by atoms with van der Waals surface area (Å²) in [6.07, 6.45) is 1.41. The Kier molecular flexibility index (Phi) is 3.41. The lowest BCUT2D eigenvalue weighted by atomic mass is 9.77. The first-order valence-electron chi connectivity index (χ1n) is 6.34. The molecule has 1 aliphatic carbocycles. The van der Waals surface area contributed by atoms with E-state index < -0.39 is 11.5 Å². The number of rotatable bonds is 2. The minimum atomic E-state index is -0.900. The molecule has 1 aliphatic rings. The summed E-state index contributed by atoms with van der Waals surface area (Å²) >= 11 is 0. The van der Waals surface area contributed by atoms with Crippen molar-refractivity contribution in [1.29, 1.82) is 5.26 Å². The van der Waals surface area contributed by atoms with Crippen molar-refractivity contribution in [1.82, 2.24) is 0 Å². The molecule has 0 heterocycles. The van der Waals surface area contributed by atoms with E-state index in [2.05, 4.69) is 13.0 Å². The van der Waals surface area contributed by atoms with Crippen LogP contribution in [0.15, 0.2) is 18.2 Å². The van der Waals surface area contributed by atoms with Crippen molar-refractivity contribution in [3.63, 3.8) is 0 Å². The molecule has 3 heteroatoms. The van der Waals surface area contributed by atoms with Crippen LogP contribution in [0.5, 0.6) is 0 Å². The lowest BCUT2D eigenvalue weighted by Gasteiger charge is -2.28. The fourth-order valence-corrected chi connectivity index (χ4v) is 2.94. The van der Waals surface area contributed by atoms with Crippen LogP contribution in [0.3, 0.4) is 0 Å². The standard InChI is InChI=1S/C15H18FNO/c1-10-5-6-15(8-10,9-17)14(18)13-7-12(16)4-3-11(13)2/h3-4,7,10,14,18H,5-6,8H2,1-2H3. The average molecular weight is 247 g/mol. The molecule has 1 N–H and O–H groups in total. The Labute approximate surface area is 107 Å². The maximum Gasteiger partial charge on any atom is 0.123 e. The number of aliphatic hydroxyl groups excluding tert-OH is 1. The molecule has 3 unspecified atom stereocenters. The molecule has 0 aromatic heterocycles. The van der Waals surface area contributed by atoms with Gasteiger partial charge in [0, 0.05) is 0 Å². The fourth-order valence-electron chi connectivity index (χ4n) is 2.94. The number of halogens is 1. The van der Waals surface area contributed by atoms with E-state index in [1.807, 2.05) is 6.92 Å². The fraction of sp³-hybridized carbons (Fsp3) is 0.533. The van der Waals surface area contributed by atoms with E-state index in [4.69, 9.17) is 0 Å². The predicted molar refractivity (Wildman–Crippen MR) is 67.2 cm³/mol. The van der Waals surface area contributed by atoms with Crippen LogP contribution >= 0.6 is 0 Å². The van der Waals surface area contributed by atoms with Crippen LogP contribution in [0.4, 0.5) is 4.39 Å². The number of hydrogen-bond acceptors (Lipinski definition) is 2. The Bertz CT molecular complexity index is 494. The number of nitriles is 1. The van der Waals surface area contributed by atoms with Crippen LogP contribution in [-0.2, 0) is 0 Å². The van der Waals surface area contributed by atoms with Gasteiger partial charge in [-0.3, -0.25) is 0 Å². The monoisotopic (exact) mass is 247 g/mol. The van der Waals surface area contributed by atoms with Crippen molar-refractivity contribution in [2.75, 3.05) is 0 Å². The topological polar surface area (TPSA) is 44.0 Å². The molecule has 0 bridgehead atoms. The van der Waals surface area contributed by atoms with E-state index in [0.29, 0.717) is 24.3 Å². The van der Waals surface area contributed by atoms with E-state index >= 15 is 0 Å². The van der Waals surface area contributed by atoms with Gasteiger partial charge >= 0.3 is 0 Å². The highest BCUT2D eigenvalue weighted by atomic mass is 19.1. The van der Waals surface area contributed by atoms with E-state index in [9.17, 15) is 14.8 Å². The maximum atomic E-state index is 13.3. The SMILES string of the molecule is Cc1ccc(F)cc1C(O)C1(C#N)CCC(C)C1. The van der Waals surface area contributed by atoms with Gasteiger partial charge in [0.25, 0.3) is 0 Å². The van der Waals surface area contributed by atoms with E-state index in [0.717, 1.165) is 12.0 Å². The lowest BCUT2D eigenvalue weighted by Crippen LogP contribution is -2.25. The Balaban J connectivity index is 2.38. The Hall–Kier alpha value is -1.40. The van der Waals surface area contributed by atoms with Crippen LogP contribution in [-0.4, -0.2) is 5.11 Å². The first-order chi connectivity index (χ1) is 8.48. The molecule has 0 spiro atoms. The molecular formula is C15H18FNO.